The van der Waals surface area contributed by atoms with Gasteiger partial charge in [-0.25, -0.2) is 0 Å². The van der Waals surface area contributed by atoms with Gasteiger partial charge in [-0.2, -0.15) is 0 Å². The Labute approximate surface area is 101 Å². The first-order valence-corrected chi connectivity index (χ1v) is 6.73. The average Bonchev–Trinajstić information content (AvgIpc) is 2.16. The minimum absolute atomic E-state index is 0.0168. The molecule has 96 valence electrons. The van der Waals surface area contributed by atoms with Crippen LogP contribution < -0.4 is 5.32 Å². The van der Waals surface area contributed by atoms with Gasteiger partial charge < -0.3 is 10.4 Å². The molecule has 2 heteroatoms. The molecule has 1 aliphatic carbocycles. The Morgan fingerprint density at radius 1 is 1.38 bits per heavy atom. The van der Waals surface area contributed by atoms with Crippen molar-refractivity contribution in [3.05, 3.63) is 0 Å². The van der Waals surface area contributed by atoms with Gasteiger partial charge in [0.15, 0.2) is 0 Å². The largest absolute Gasteiger partial charge is 0.394 e. The Hall–Kier alpha value is -0.0800. The topological polar surface area (TPSA) is 32.3 Å². The smallest absolute Gasteiger partial charge is 0.0613 e. The quantitative estimate of drug-likeness (QED) is 0.774. The van der Waals surface area contributed by atoms with Gasteiger partial charge >= 0.3 is 0 Å². The van der Waals surface area contributed by atoms with Crippen LogP contribution in [0.15, 0.2) is 0 Å². The minimum Gasteiger partial charge on any atom is -0.394 e. The molecule has 0 spiro atoms. The molecule has 0 aromatic rings. The number of rotatable bonds is 4. The van der Waals surface area contributed by atoms with Crippen LogP contribution in [-0.2, 0) is 0 Å². The number of hydrogen-bond donors (Lipinski definition) is 2. The first-order chi connectivity index (χ1) is 7.37. The molecule has 1 fully saturated rings. The molecule has 0 radical (unpaired) electrons. The maximum absolute atomic E-state index is 9.63. The highest BCUT2D eigenvalue weighted by molar-refractivity contribution is 4.92. The molecule has 0 aromatic carbocycles. The zero-order valence-corrected chi connectivity index (χ0v) is 11.5. The van der Waals surface area contributed by atoms with E-state index in [-0.39, 0.29) is 5.54 Å². The number of aliphatic hydroxyl groups excluding tert-OH is 1. The van der Waals surface area contributed by atoms with Crippen LogP contribution in [0.4, 0.5) is 0 Å². The second kappa shape index (κ2) is 5.50. The van der Waals surface area contributed by atoms with Crippen molar-refractivity contribution in [1.82, 2.24) is 5.32 Å². The van der Waals surface area contributed by atoms with Crippen LogP contribution >= 0.6 is 0 Å². The van der Waals surface area contributed by atoms with Crippen LogP contribution in [0.5, 0.6) is 0 Å². The van der Waals surface area contributed by atoms with Gasteiger partial charge in [0.25, 0.3) is 0 Å². The first-order valence-electron chi connectivity index (χ1n) is 6.73. The van der Waals surface area contributed by atoms with Gasteiger partial charge in [-0.15, -0.1) is 0 Å². The third-order valence-electron chi connectivity index (χ3n) is 3.77. The Kier molecular flexibility index (Phi) is 4.81. The van der Waals surface area contributed by atoms with E-state index in [1.165, 1.54) is 19.3 Å². The summed E-state index contributed by atoms with van der Waals surface area (Å²) in [7, 11) is 0. The standard InChI is InChI=1S/C14H29NO/c1-12-6-5-7-14(10-12,11-16)15-9-8-13(2,3)4/h12,15-16H,5-11H2,1-4H3. The predicted octanol–water partition coefficient (Wildman–Crippen LogP) is 2.95. The molecule has 0 aromatic heterocycles. The molecule has 0 heterocycles. The van der Waals surface area contributed by atoms with E-state index in [0.717, 1.165) is 25.3 Å². The fourth-order valence-electron chi connectivity index (χ4n) is 2.72. The lowest BCUT2D eigenvalue weighted by Crippen LogP contribution is -2.52. The van der Waals surface area contributed by atoms with Gasteiger partial charge in [0.05, 0.1) is 6.61 Å². The SMILES string of the molecule is CC1CCCC(CO)(NCCC(C)(C)C)C1. The van der Waals surface area contributed by atoms with Gasteiger partial charge in [-0.1, -0.05) is 40.5 Å². The summed E-state index contributed by atoms with van der Waals surface area (Å²) in [6.45, 7) is 10.4. The van der Waals surface area contributed by atoms with E-state index in [1.54, 1.807) is 0 Å². The molecule has 2 unspecified atom stereocenters. The molecule has 0 aliphatic heterocycles. The maximum Gasteiger partial charge on any atom is 0.0613 e. The van der Waals surface area contributed by atoms with Crippen LogP contribution in [0.1, 0.15) is 59.8 Å². The summed E-state index contributed by atoms with van der Waals surface area (Å²) in [5.74, 6) is 0.753. The van der Waals surface area contributed by atoms with Crippen LogP contribution in [0.3, 0.4) is 0 Å². The zero-order valence-electron chi connectivity index (χ0n) is 11.5. The van der Waals surface area contributed by atoms with Crippen molar-refractivity contribution in [3.8, 4) is 0 Å². The van der Waals surface area contributed by atoms with E-state index >= 15 is 0 Å². The summed E-state index contributed by atoms with van der Waals surface area (Å²) >= 11 is 0. The molecule has 1 saturated carbocycles. The zero-order chi connectivity index (χ0) is 12.2. The van der Waals surface area contributed by atoms with E-state index in [9.17, 15) is 5.11 Å². The Morgan fingerprint density at radius 3 is 2.56 bits per heavy atom. The Balaban J connectivity index is 2.41. The predicted molar refractivity (Wildman–Crippen MR) is 69.5 cm³/mol. The third-order valence-corrected chi connectivity index (χ3v) is 3.77. The maximum atomic E-state index is 9.63. The average molecular weight is 227 g/mol. The Morgan fingerprint density at radius 2 is 2.06 bits per heavy atom. The first kappa shape index (κ1) is 14.0. The highest BCUT2D eigenvalue weighted by Crippen LogP contribution is 2.32. The highest BCUT2D eigenvalue weighted by atomic mass is 16.3. The van der Waals surface area contributed by atoms with Crippen molar-refractivity contribution < 1.29 is 5.11 Å². The second-order valence-electron chi connectivity index (χ2n) is 6.88. The van der Waals surface area contributed by atoms with Crippen LogP contribution in [-0.4, -0.2) is 23.8 Å². The van der Waals surface area contributed by atoms with Crippen LogP contribution in [0.25, 0.3) is 0 Å². The summed E-state index contributed by atoms with van der Waals surface area (Å²) < 4.78 is 0. The molecule has 2 N–H and O–H groups in total. The van der Waals surface area contributed by atoms with Crippen molar-refractivity contribution in [2.75, 3.05) is 13.2 Å². The van der Waals surface area contributed by atoms with E-state index < -0.39 is 0 Å². The molecule has 16 heavy (non-hydrogen) atoms. The second-order valence-corrected chi connectivity index (χ2v) is 6.88. The van der Waals surface area contributed by atoms with Gasteiger partial charge in [-0.3, -0.25) is 0 Å². The monoisotopic (exact) mass is 227 g/mol. The van der Waals surface area contributed by atoms with Crippen molar-refractivity contribution in [2.24, 2.45) is 11.3 Å². The van der Waals surface area contributed by atoms with Gasteiger partial charge in [0.1, 0.15) is 0 Å². The molecule has 1 rings (SSSR count). The lowest BCUT2D eigenvalue weighted by molar-refractivity contribution is 0.0968. The van der Waals surface area contributed by atoms with Crippen LogP contribution in [0.2, 0.25) is 0 Å². The molecular weight excluding hydrogens is 198 g/mol. The van der Waals surface area contributed by atoms with E-state index in [1.807, 2.05) is 0 Å². The molecule has 1 aliphatic rings. The number of aliphatic hydroxyl groups is 1. The molecule has 0 amide bonds. The third kappa shape index (κ3) is 4.42. The summed E-state index contributed by atoms with van der Waals surface area (Å²) in [6.07, 6.45) is 6.02. The van der Waals surface area contributed by atoms with E-state index in [2.05, 4.69) is 33.0 Å². The lowest BCUT2D eigenvalue weighted by Gasteiger charge is -2.40. The molecular formula is C14H29NO. The molecule has 2 atom stereocenters. The molecule has 0 saturated heterocycles. The number of nitrogens with one attached hydrogen (secondary N) is 1. The fourth-order valence-corrected chi connectivity index (χ4v) is 2.72. The van der Waals surface area contributed by atoms with Crippen molar-refractivity contribution in [1.29, 1.82) is 0 Å². The fraction of sp³-hybridized carbons (Fsp3) is 1.00. The summed E-state index contributed by atoms with van der Waals surface area (Å²) in [6, 6.07) is 0. The van der Waals surface area contributed by atoms with Crippen molar-refractivity contribution >= 4 is 0 Å². The number of hydrogen-bond acceptors (Lipinski definition) is 2. The molecule has 0 bridgehead atoms. The Bertz CT molecular complexity index is 209. The summed E-state index contributed by atoms with van der Waals surface area (Å²) in [5.41, 5.74) is 0.396. The van der Waals surface area contributed by atoms with Gasteiger partial charge in [-0.05, 0) is 37.1 Å². The van der Waals surface area contributed by atoms with E-state index in [0.29, 0.717) is 12.0 Å². The minimum atomic E-state index is 0.0168. The van der Waals surface area contributed by atoms with Crippen LogP contribution in [0, 0.1) is 11.3 Å². The normalized spacial score (nSPS) is 31.7. The van der Waals surface area contributed by atoms with Gasteiger partial charge in [0.2, 0.25) is 0 Å². The molecule has 2 nitrogen and oxygen atoms in total. The summed E-state index contributed by atoms with van der Waals surface area (Å²) in [5, 5.41) is 13.2. The van der Waals surface area contributed by atoms with E-state index in [4.69, 9.17) is 0 Å². The lowest BCUT2D eigenvalue weighted by atomic mass is 9.76. The summed E-state index contributed by atoms with van der Waals surface area (Å²) in [4.78, 5) is 0. The van der Waals surface area contributed by atoms with Crippen molar-refractivity contribution in [2.45, 2.75) is 65.3 Å². The highest BCUT2D eigenvalue weighted by Gasteiger charge is 2.33. The van der Waals surface area contributed by atoms with Gasteiger partial charge in [0, 0.05) is 5.54 Å². The van der Waals surface area contributed by atoms with Crippen molar-refractivity contribution in [3.63, 3.8) is 0 Å².